The molecule has 94 valence electrons. The van der Waals surface area contributed by atoms with Gasteiger partial charge in [-0.2, -0.15) is 0 Å². The Kier molecular flexibility index (Phi) is 2.45. The normalized spacial score (nSPS) is 19.4. The number of aromatic nitrogens is 2. The predicted molar refractivity (Wildman–Crippen MR) is 63.6 cm³/mol. The van der Waals surface area contributed by atoms with E-state index >= 15 is 0 Å². The van der Waals surface area contributed by atoms with Crippen LogP contribution >= 0.6 is 0 Å². The molecule has 6 heteroatoms. The molecular weight excluding hydrogens is 234 g/mol. The van der Waals surface area contributed by atoms with Crippen molar-refractivity contribution < 1.29 is 14.6 Å². The van der Waals surface area contributed by atoms with Gasteiger partial charge in [0.15, 0.2) is 0 Å². The molecule has 1 unspecified atom stereocenters. The molecule has 1 aliphatic rings. The molecule has 3 heterocycles. The van der Waals surface area contributed by atoms with Crippen molar-refractivity contribution in [2.45, 2.75) is 12.5 Å². The average Bonchev–Trinajstić information content (AvgIpc) is 3.00. The number of pyridine rings is 1. The van der Waals surface area contributed by atoms with Crippen molar-refractivity contribution >= 4 is 17.0 Å². The van der Waals surface area contributed by atoms with Crippen LogP contribution < -0.4 is 5.36 Å². The summed E-state index contributed by atoms with van der Waals surface area (Å²) in [6.07, 6.45) is 4.11. The number of aromatic amines is 1. The summed E-state index contributed by atoms with van der Waals surface area (Å²) in [7, 11) is 0. The molecule has 0 bridgehead atoms. The molecular formula is C12H13N3O3. The summed E-state index contributed by atoms with van der Waals surface area (Å²) in [5, 5.41) is 17.7. The van der Waals surface area contributed by atoms with Crippen LogP contribution in [0.2, 0.25) is 0 Å². The lowest BCUT2D eigenvalue weighted by Crippen LogP contribution is -2.21. The molecule has 0 radical (unpaired) electrons. The maximum absolute atomic E-state index is 11.2. The number of nitrogens with zero attached hydrogens (tertiary/aromatic N) is 1. The van der Waals surface area contributed by atoms with Crippen molar-refractivity contribution in [1.29, 1.82) is 5.41 Å². The zero-order chi connectivity index (χ0) is 12.7. The summed E-state index contributed by atoms with van der Waals surface area (Å²) in [6.45, 7) is 1.26. The van der Waals surface area contributed by atoms with Crippen molar-refractivity contribution in [3.05, 3.63) is 29.4 Å². The van der Waals surface area contributed by atoms with Gasteiger partial charge in [-0.25, -0.2) is 4.79 Å². The molecule has 1 atom stereocenters. The van der Waals surface area contributed by atoms with Crippen LogP contribution in [0.25, 0.3) is 11.0 Å². The summed E-state index contributed by atoms with van der Waals surface area (Å²) < 4.78 is 7.22. The van der Waals surface area contributed by atoms with Gasteiger partial charge in [0.25, 0.3) is 0 Å². The smallest absolute Gasteiger partial charge is 0.339 e. The topological polar surface area (TPSA) is 91.1 Å². The van der Waals surface area contributed by atoms with Gasteiger partial charge in [-0.15, -0.1) is 0 Å². The van der Waals surface area contributed by atoms with Crippen LogP contribution in [-0.4, -0.2) is 33.8 Å². The molecule has 6 nitrogen and oxygen atoms in total. The number of aromatic carboxylic acids is 1. The van der Waals surface area contributed by atoms with Crippen molar-refractivity contribution in [2.24, 2.45) is 0 Å². The van der Waals surface area contributed by atoms with E-state index in [1.807, 2.05) is 4.57 Å². The summed E-state index contributed by atoms with van der Waals surface area (Å²) in [5.41, 5.74) is 0.800. The van der Waals surface area contributed by atoms with E-state index in [4.69, 9.17) is 15.3 Å². The lowest BCUT2D eigenvalue weighted by molar-refractivity contribution is 0.0694. The van der Waals surface area contributed by atoms with E-state index in [-0.39, 0.29) is 17.0 Å². The average molecular weight is 247 g/mol. The standard InChI is InChI=1S/C12H13N3O3/c13-10-8-1-3-14-11(8)15(5-9(10)12(16)17)7-2-4-18-6-7/h1,3,5,7,13-14H,2,4,6H2,(H,16,17). The Labute approximate surface area is 102 Å². The van der Waals surface area contributed by atoms with Crippen LogP contribution in [0.5, 0.6) is 0 Å². The van der Waals surface area contributed by atoms with Gasteiger partial charge in [-0.05, 0) is 12.5 Å². The van der Waals surface area contributed by atoms with Crippen LogP contribution in [0.4, 0.5) is 0 Å². The monoisotopic (exact) mass is 247 g/mol. The van der Waals surface area contributed by atoms with Gasteiger partial charge < -0.3 is 19.4 Å². The second kappa shape index (κ2) is 3.99. The fraction of sp³-hybridized carbons (Fsp3) is 0.333. The molecule has 0 spiro atoms. The molecule has 2 aromatic rings. The van der Waals surface area contributed by atoms with E-state index in [0.717, 1.165) is 12.1 Å². The summed E-state index contributed by atoms with van der Waals surface area (Å²) in [4.78, 5) is 14.2. The maximum atomic E-state index is 11.2. The number of rotatable bonds is 2. The third-order valence-electron chi connectivity index (χ3n) is 3.32. The highest BCUT2D eigenvalue weighted by Crippen LogP contribution is 2.22. The first-order valence-corrected chi connectivity index (χ1v) is 5.76. The van der Waals surface area contributed by atoms with E-state index in [0.29, 0.717) is 18.6 Å². The second-order valence-corrected chi connectivity index (χ2v) is 4.39. The zero-order valence-corrected chi connectivity index (χ0v) is 9.64. The van der Waals surface area contributed by atoms with E-state index < -0.39 is 5.97 Å². The molecule has 0 aromatic carbocycles. The number of ether oxygens (including phenoxy) is 1. The SMILES string of the molecule is N=c1c(C(=O)O)cn(C2CCOC2)c2[nH]ccc12. The Morgan fingerprint density at radius 1 is 1.61 bits per heavy atom. The highest BCUT2D eigenvalue weighted by molar-refractivity contribution is 5.91. The fourth-order valence-corrected chi connectivity index (χ4v) is 2.38. The lowest BCUT2D eigenvalue weighted by Gasteiger charge is -2.15. The third kappa shape index (κ3) is 1.53. The quantitative estimate of drug-likeness (QED) is 0.742. The van der Waals surface area contributed by atoms with Crippen molar-refractivity contribution in [3.8, 4) is 0 Å². The van der Waals surface area contributed by atoms with Gasteiger partial charge in [-0.1, -0.05) is 0 Å². The highest BCUT2D eigenvalue weighted by Gasteiger charge is 2.21. The molecule has 3 rings (SSSR count). The second-order valence-electron chi connectivity index (χ2n) is 4.39. The third-order valence-corrected chi connectivity index (χ3v) is 3.32. The van der Waals surface area contributed by atoms with E-state index in [1.54, 1.807) is 12.3 Å². The first kappa shape index (κ1) is 11.0. The Hall–Kier alpha value is -2.08. The molecule has 1 aliphatic heterocycles. The van der Waals surface area contributed by atoms with Gasteiger partial charge in [0.2, 0.25) is 0 Å². The summed E-state index contributed by atoms with van der Waals surface area (Å²) >= 11 is 0. The Bertz CT molecular complexity index is 665. The largest absolute Gasteiger partial charge is 0.478 e. The summed E-state index contributed by atoms with van der Waals surface area (Å²) in [6, 6.07) is 1.86. The number of hydrogen-bond donors (Lipinski definition) is 3. The molecule has 3 N–H and O–H groups in total. The Balaban J connectivity index is 2.29. The number of carboxylic acids is 1. The zero-order valence-electron chi connectivity index (χ0n) is 9.64. The number of hydrogen-bond acceptors (Lipinski definition) is 3. The lowest BCUT2D eigenvalue weighted by atomic mass is 10.1. The number of carbonyl (C=O) groups is 1. The van der Waals surface area contributed by atoms with Crippen LogP contribution in [0.15, 0.2) is 18.5 Å². The van der Waals surface area contributed by atoms with Crippen LogP contribution in [0.3, 0.4) is 0 Å². The van der Waals surface area contributed by atoms with Crippen molar-refractivity contribution in [2.75, 3.05) is 13.2 Å². The summed E-state index contributed by atoms with van der Waals surface area (Å²) in [5.74, 6) is -1.07. The number of H-pyrrole nitrogens is 1. The van der Waals surface area contributed by atoms with Crippen LogP contribution in [-0.2, 0) is 4.74 Å². The van der Waals surface area contributed by atoms with Gasteiger partial charge in [-0.3, -0.25) is 5.41 Å². The number of carboxylic acid groups (broad SMARTS) is 1. The van der Waals surface area contributed by atoms with Gasteiger partial charge in [0, 0.05) is 24.4 Å². The minimum Gasteiger partial charge on any atom is -0.478 e. The number of fused-ring (bicyclic) bond motifs is 1. The fourth-order valence-electron chi connectivity index (χ4n) is 2.38. The molecule has 0 amide bonds. The molecule has 2 aromatic heterocycles. The first-order valence-electron chi connectivity index (χ1n) is 5.76. The Morgan fingerprint density at radius 3 is 3.11 bits per heavy atom. The molecule has 1 saturated heterocycles. The predicted octanol–water partition coefficient (Wildman–Crippen LogP) is 1.11. The minimum atomic E-state index is -1.07. The number of nitrogens with one attached hydrogen (secondary N) is 2. The Morgan fingerprint density at radius 2 is 2.44 bits per heavy atom. The first-order chi connectivity index (χ1) is 8.68. The van der Waals surface area contributed by atoms with Gasteiger partial charge in [0.1, 0.15) is 11.2 Å². The van der Waals surface area contributed by atoms with Crippen molar-refractivity contribution in [1.82, 2.24) is 9.55 Å². The van der Waals surface area contributed by atoms with E-state index in [2.05, 4.69) is 4.98 Å². The van der Waals surface area contributed by atoms with Gasteiger partial charge in [0.05, 0.1) is 18.0 Å². The minimum absolute atomic E-state index is 0.0222. The van der Waals surface area contributed by atoms with E-state index in [9.17, 15) is 4.79 Å². The van der Waals surface area contributed by atoms with Crippen LogP contribution in [0.1, 0.15) is 22.8 Å². The van der Waals surface area contributed by atoms with Crippen LogP contribution in [0, 0.1) is 5.41 Å². The maximum Gasteiger partial charge on any atom is 0.339 e. The van der Waals surface area contributed by atoms with E-state index in [1.165, 1.54) is 6.20 Å². The molecule has 18 heavy (non-hydrogen) atoms. The highest BCUT2D eigenvalue weighted by atomic mass is 16.5. The van der Waals surface area contributed by atoms with Crippen molar-refractivity contribution in [3.63, 3.8) is 0 Å². The molecule has 0 aliphatic carbocycles. The molecule has 0 saturated carbocycles. The molecule has 1 fully saturated rings. The van der Waals surface area contributed by atoms with Gasteiger partial charge >= 0.3 is 5.97 Å².